The van der Waals surface area contributed by atoms with E-state index in [1.165, 1.54) is 0 Å². The number of nitrogens with two attached hydrogens (primary N) is 1. The second-order valence-electron chi connectivity index (χ2n) is 19.0. The Labute approximate surface area is 413 Å². The molecule has 1 saturated carbocycles. The van der Waals surface area contributed by atoms with Crippen LogP contribution in [0.4, 0.5) is 11.9 Å². The van der Waals surface area contributed by atoms with E-state index < -0.39 is 35.7 Å². The summed E-state index contributed by atoms with van der Waals surface area (Å²) in [6.45, 7) is 10.0. The zero-order chi connectivity index (χ0) is 50.4. The number of aromatic nitrogens is 8. The number of anilines is 2. The molecule has 2 saturated heterocycles. The highest BCUT2D eigenvalue weighted by Gasteiger charge is 2.38. The monoisotopic (exact) mass is 985 g/mol. The summed E-state index contributed by atoms with van der Waals surface area (Å²) in [5.74, 6) is -2.18. The summed E-state index contributed by atoms with van der Waals surface area (Å²) in [4.78, 5) is 79.0. The third kappa shape index (κ3) is 9.62. The topological polar surface area (TPSA) is 270 Å². The van der Waals surface area contributed by atoms with E-state index in [0.717, 1.165) is 12.8 Å². The SMILES string of the molecule is CCn1nc(C)cc1C(=O)Nc1nc2cc(C(N)=O)cc3c2n1C/C=C/Cn1c(NC(=O)c2cc(C)nn2CC)nc2cc(C(=O)NC4CCC(C(=O)O)CC4)cc(c21)OCC(N1CC2CCC(C1)O2)CO3. The zero-order valence-corrected chi connectivity index (χ0v) is 40.7. The number of amides is 4. The van der Waals surface area contributed by atoms with E-state index >= 15 is 0 Å². The molecule has 4 aromatic heterocycles. The van der Waals surface area contributed by atoms with Crippen LogP contribution in [-0.2, 0) is 35.7 Å². The molecule has 2 bridgehead atoms. The first kappa shape index (κ1) is 48.1. The lowest BCUT2D eigenvalue weighted by Gasteiger charge is -2.37. The third-order valence-electron chi connectivity index (χ3n) is 14.1. The van der Waals surface area contributed by atoms with Gasteiger partial charge in [-0.3, -0.25) is 48.9 Å². The fraction of sp³-hybridized carbons (Fsp3) is 0.460. The summed E-state index contributed by atoms with van der Waals surface area (Å²) in [6, 6.07) is 9.28. The van der Waals surface area contributed by atoms with E-state index in [1.54, 1.807) is 50.3 Å². The van der Waals surface area contributed by atoms with Crippen molar-refractivity contribution in [1.82, 2.24) is 48.9 Å². The average molecular weight is 986 g/mol. The quantitative estimate of drug-likeness (QED) is 0.111. The number of benzene rings is 2. The van der Waals surface area contributed by atoms with Crippen LogP contribution in [0.25, 0.3) is 22.1 Å². The van der Waals surface area contributed by atoms with E-state index in [2.05, 4.69) is 31.0 Å². The van der Waals surface area contributed by atoms with Crippen molar-refractivity contribution in [3.05, 3.63) is 82.5 Å². The standard InChI is InChI=1S/C50H59N13O9/c1-5-62-38(17-27(3)57-62)46(66)55-49-53-36-19-30(44(51)64)21-40-42(36)60(49)15-7-8-16-61-43-37(54-50(61)56-47(67)39-18-28(4)58-63(39)6-2)20-31(45(65)52-32-11-9-29(10-12-32)48(68)69)22-41(43)71-26-33(25-70-40)59-23-34-13-14-35(24-59)72-34/h7-8,17-22,29,32-35H,5-6,9-16,23-26H2,1-4H3,(H2,51,64)(H,52,65)(H,68,69)(H,53,55,66)(H,54,56,67)/b8-7+. The van der Waals surface area contributed by atoms with Crippen LogP contribution in [-0.4, -0.2) is 129 Å². The number of hydrogen-bond donors (Lipinski definition) is 5. The van der Waals surface area contributed by atoms with Crippen molar-refractivity contribution in [1.29, 1.82) is 0 Å². The number of fused-ring (bicyclic) bond motifs is 2. The van der Waals surface area contributed by atoms with Gasteiger partial charge in [0.15, 0.2) is 0 Å². The molecule has 7 heterocycles. The Morgan fingerprint density at radius 3 is 1.67 bits per heavy atom. The molecule has 72 heavy (non-hydrogen) atoms. The number of hydrogen-bond acceptors (Lipinski definition) is 13. The predicted octanol–water partition coefficient (Wildman–Crippen LogP) is 4.67. The molecule has 2 aromatic carbocycles. The highest BCUT2D eigenvalue weighted by atomic mass is 16.5. The summed E-state index contributed by atoms with van der Waals surface area (Å²) in [5, 5.41) is 27.7. The van der Waals surface area contributed by atoms with Crippen molar-refractivity contribution in [3.8, 4) is 11.5 Å². The van der Waals surface area contributed by atoms with Crippen LogP contribution < -0.4 is 31.2 Å². The van der Waals surface area contributed by atoms with Crippen LogP contribution >= 0.6 is 0 Å². The van der Waals surface area contributed by atoms with Crippen molar-refractivity contribution >= 4 is 63.6 Å². The van der Waals surface area contributed by atoms with Crippen LogP contribution in [0.5, 0.6) is 11.5 Å². The number of carboxylic acid groups (broad SMARTS) is 1. The number of rotatable bonds is 11. The number of nitrogens with zero attached hydrogens (tertiary/aromatic N) is 9. The summed E-state index contributed by atoms with van der Waals surface area (Å²) < 4.78 is 26.8. The van der Waals surface area contributed by atoms with Gasteiger partial charge in [0.05, 0.1) is 46.6 Å². The van der Waals surface area contributed by atoms with Gasteiger partial charge in [-0.15, -0.1) is 0 Å². The number of imidazole rings is 2. The molecule has 3 atom stereocenters. The molecule has 10 rings (SSSR count). The summed E-state index contributed by atoms with van der Waals surface area (Å²) >= 11 is 0. The van der Waals surface area contributed by atoms with Gasteiger partial charge in [-0.1, -0.05) is 12.2 Å². The lowest BCUT2D eigenvalue weighted by Crippen LogP contribution is -2.52. The molecule has 6 aromatic rings. The number of ether oxygens (including phenoxy) is 3. The Morgan fingerprint density at radius 1 is 0.681 bits per heavy atom. The summed E-state index contributed by atoms with van der Waals surface area (Å²) in [5.41, 5.74) is 10.1. The van der Waals surface area contributed by atoms with E-state index in [1.807, 2.05) is 44.4 Å². The van der Waals surface area contributed by atoms with Gasteiger partial charge in [-0.25, -0.2) is 9.97 Å². The second-order valence-corrected chi connectivity index (χ2v) is 19.0. The van der Waals surface area contributed by atoms with Gasteiger partial charge in [0.2, 0.25) is 17.8 Å². The Bertz CT molecular complexity index is 3130. The van der Waals surface area contributed by atoms with Crippen LogP contribution in [0.15, 0.2) is 48.6 Å². The Kier molecular flexibility index (Phi) is 13.3. The van der Waals surface area contributed by atoms with Crippen LogP contribution in [0.1, 0.15) is 105 Å². The summed E-state index contributed by atoms with van der Waals surface area (Å²) in [7, 11) is 0. The molecule has 22 heteroatoms. The molecule has 4 aliphatic rings. The summed E-state index contributed by atoms with van der Waals surface area (Å²) in [6.07, 6.45) is 7.58. The molecule has 3 aliphatic heterocycles. The molecule has 4 amide bonds. The molecular weight excluding hydrogens is 927 g/mol. The van der Waals surface area contributed by atoms with Gasteiger partial charge >= 0.3 is 5.97 Å². The van der Waals surface area contributed by atoms with Gasteiger partial charge in [0.1, 0.15) is 47.1 Å². The maximum absolute atomic E-state index is 14.2. The largest absolute Gasteiger partial charge is 0.490 e. The predicted molar refractivity (Wildman–Crippen MR) is 263 cm³/mol. The van der Waals surface area contributed by atoms with Gasteiger partial charge in [0.25, 0.3) is 17.7 Å². The number of likely N-dealkylation sites (tertiary alicyclic amines) is 1. The van der Waals surface area contributed by atoms with Gasteiger partial charge in [-0.05, 0) is 103 Å². The van der Waals surface area contributed by atoms with Gasteiger partial charge in [0, 0.05) is 56.4 Å². The molecular formula is C50H59N13O9. The van der Waals surface area contributed by atoms with Gasteiger partial charge < -0.3 is 39.5 Å². The van der Waals surface area contributed by atoms with Crippen molar-refractivity contribution in [2.75, 3.05) is 36.9 Å². The number of aryl methyl sites for hydroxylation is 4. The molecule has 378 valence electrons. The minimum atomic E-state index is -0.830. The number of morpholine rings is 1. The maximum Gasteiger partial charge on any atom is 0.306 e. The number of nitrogens with one attached hydrogen (secondary N) is 3. The van der Waals surface area contributed by atoms with Crippen molar-refractivity contribution in [2.24, 2.45) is 11.7 Å². The highest BCUT2D eigenvalue weighted by Crippen LogP contribution is 2.36. The smallest absolute Gasteiger partial charge is 0.306 e. The fourth-order valence-corrected chi connectivity index (χ4v) is 10.5. The lowest BCUT2D eigenvalue weighted by atomic mass is 9.86. The van der Waals surface area contributed by atoms with Crippen molar-refractivity contribution in [3.63, 3.8) is 0 Å². The van der Waals surface area contributed by atoms with Crippen LogP contribution in [0.2, 0.25) is 0 Å². The minimum Gasteiger partial charge on any atom is -0.490 e. The number of allylic oxidation sites excluding steroid dienone is 2. The van der Waals surface area contributed by atoms with E-state index in [9.17, 15) is 29.1 Å². The van der Waals surface area contributed by atoms with Crippen LogP contribution in [0.3, 0.4) is 0 Å². The number of primary amides is 1. The Morgan fingerprint density at radius 2 is 1.18 bits per heavy atom. The van der Waals surface area contributed by atoms with E-state index in [0.29, 0.717) is 108 Å². The lowest BCUT2D eigenvalue weighted by molar-refractivity contribution is -0.142. The number of carbonyl (C=O) groups is 5. The first-order valence-corrected chi connectivity index (χ1v) is 24.7. The number of carboxylic acids is 1. The Balaban J connectivity index is 1.09. The van der Waals surface area contributed by atoms with E-state index in [-0.39, 0.29) is 73.5 Å². The molecule has 0 radical (unpaired) electrons. The van der Waals surface area contributed by atoms with E-state index in [4.69, 9.17) is 29.9 Å². The first-order valence-electron chi connectivity index (χ1n) is 24.7. The number of carbonyl (C=O) groups excluding carboxylic acids is 4. The maximum atomic E-state index is 14.2. The Hall–Kier alpha value is -7.59. The average Bonchev–Trinajstić information content (AvgIpc) is 4.18. The molecule has 1 aliphatic carbocycles. The van der Waals surface area contributed by atoms with Crippen molar-refractivity contribution < 1.29 is 43.3 Å². The third-order valence-corrected chi connectivity index (χ3v) is 14.1. The number of aliphatic carboxylic acids is 1. The van der Waals surface area contributed by atoms with Gasteiger partial charge in [-0.2, -0.15) is 10.2 Å². The zero-order valence-electron chi connectivity index (χ0n) is 40.7. The normalized spacial score (nSPS) is 21.8. The highest BCUT2D eigenvalue weighted by molar-refractivity contribution is 6.05. The van der Waals surface area contributed by atoms with Crippen molar-refractivity contribution in [2.45, 2.75) is 117 Å². The van der Waals surface area contributed by atoms with Crippen LogP contribution in [0, 0.1) is 19.8 Å². The second kappa shape index (κ2) is 19.9. The molecule has 6 N–H and O–H groups in total. The molecule has 3 unspecified atom stereocenters. The first-order chi connectivity index (χ1) is 34.7. The molecule has 22 nitrogen and oxygen atoms in total. The fourth-order valence-electron chi connectivity index (χ4n) is 10.5. The molecule has 3 fully saturated rings. The molecule has 0 spiro atoms. The minimum absolute atomic E-state index is 0.0152.